The van der Waals surface area contributed by atoms with E-state index in [1.54, 1.807) is 12.1 Å². The van der Waals surface area contributed by atoms with Crippen LogP contribution >= 0.6 is 0 Å². The van der Waals surface area contributed by atoms with E-state index in [1.807, 2.05) is 0 Å². The Morgan fingerprint density at radius 2 is 1.90 bits per heavy atom. The summed E-state index contributed by atoms with van der Waals surface area (Å²) < 4.78 is 39.4. The van der Waals surface area contributed by atoms with Crippen LogP contribution in [0.15, 0.2) is 29.1 Å². The number of hydrogen-bond donors (Lipinski definition) is 2. The number of amides is 2. The molecule has 0 saturated heterocycles. The molecular formula is C23H26N2O6. The molecular weight excluding hydrogens is 400 g/mol. The van der Waals surface area contributed by atoms with Crippen LogP contribution in [0.5, 0.6) is 17.2 Å². The maximum absolute atomic E-state index is 12.9. The monoisotopic (exact) mass is 429 g/mol. The average molecular weight is 429 g/mol. The zero-order valence-electron chi connectivity index (χ0n) is 20.8. The summed E-state index contributed by atoms with van der Waals surface area (Å²) in [5, 5.41) is 5.28. The number of carbonyl (C=O) groups excluding carboxylic acids is 2. The summed E-state index contributed by atoms with van der Waals surface area (Å²) >= 11 is 0. The lowest BCUT2D eigenvalue weighted by atomic mass is 9.95. The van der Waals surface area contributed by atoms with Crippen LogP contribution in [0, 0.1) is 0 Å². The van der Waals surface area contributed by atoms with Crippen molar-refractivity contribution in [3.05, 3.63) is 51.2 Å². The van der Waals surface area contributed by atoms with Crippen molar-refractivity contribution in [2.24, 2.45) is 0 Å². The summed E-state index contributed by atoms with van der Waals surface area (Å²) in [6.07, 6.45) is 0.813. The highest BCUT2D eigenvalue weighted by Gasteiger charge is 2.29. The molecule has 1 atom stereocenters. The third kappa shape index (κ3) is 4.05. The standard InChI is InChI=1S/C23H26N2O6/c1-12(26)25-17-9-6-13-10-19(29-3)21(30-4)22(31-5)20(13)14-7-8-15(23(28)24-2)18(27)11-16(14)17/h7-8,10-11,17H,6,9H2,1-5H3,(H,24,28)(H,25,26)/i5D3. The molecule has 2 N–H and O–H groups in total. The number of nitrogens with one attached hydrogen (secondary N) is 2. The lowest BCUT2D eigenvalue weighted by molar-refractivity contribution is -0.119. The summed E-state index contributed by atoms with van der Waals surface area (Å²) in [7, 11) is 1.38. The predicted octanol–water partition coefficient (Wildman–Crippen LogP) is 2.22. The van der Waals surface area contributed by atoms with E-state index in [-0.39, 0.29) is 28.7 Å². The van der Waals surface area contributed by atoms with Crippen LogP contribution in [0.1, 0.15) is 45.0 Å². The second-order valence-corrected chi connectivity index (χ2v) is 7.07. The van der Waals surface area contributed by atoms with Gasteiger partial charge in [-0.25, -0.2) is 0 Å². The second kappa shape index (κ2) is 9.07. The van der Waals surface area contributed by atoms with E-state index >= 15 is 0 Å². The Morgan fingerprint density at radius 3 is 2.52 bits per heavy atom. The van der Waals surface area contributed by atoms with Crippen molar-refractivity contribution in [1.29, 1.82) is 0 Å². The first kappa shape index (κ1) is 18.2. The molecule has 2 aromatic carbocycles. The number of fused-ring (bicyclic) bond motifs is 3. The van der Waals surface area contributed by atoms with Crippen molar-refractivity contribution >= 4 is 11.8 Å². The lowest BCUT2D eigenvalue weighted by Crippen LogP contribution is -2.27. The number of hydrogen-bond acceptors (Lipinski definition) is 6. The van der Waals surface area contributed by atoms with Gasteiger partial charge in [-0.05, 0) is 47.7 Å². The Labute approximate surface area is 184 Å². The molecule has 164 valence electrons. The molecule has 0 heterocycles. The van der Waals surface area contributed by atoms with Gasteiger partial charge in [0, 0.05) is 19.5 Å². The molecule has 0 aromatic heterocycles. The van der Waals surface area contributed by atoms with Gasteiger partial charge in [-0.3, -0.25) is 14.4 Å². The van der Waals surface area contributed by atoms with Gasteiger partial charge in [0.05, 0.1) is 37.0 Å². The van der Waals surface area contributed by atoms with Crippen LogP contribution in [0.2, 0.25) is 0 Å². The van der Waals surface area contributed by atoms with Gasteiger partial charge in [-0.1, -0.05) is 6.07 Å². The Bertz CT molecular complexity index is 1200. The van der Waals surface area contributed by atoms with E-state index < -0.39 is 24.4 Å². The summed E-state index contributed by atoms with van der Waals surface area (Å²) in [6, 6.07) is 5.36. The SMILES string of the molecule is [2H]C([2H])([2H])Oc1c(OC)c(OC)cc2c1-c1ccc(C(=O)NC)c(=O)cc1C(NC(C)=O)CC2. The molecule has 1 unspecified atom stereocenters. The molecule has 8 nitrogen and oxygen atoms in total. The number of benzene rings is 1. The van der Waals surface area contributed by atoms with Gasteiger partial charge in [0.15, 0.2) is 16.9 Å². The van der Waals surface area contributed by atoms with E-state index in [1.165, 1.54) is 40.3 Å². The van der Waals surface area contributed by atoms with Crippen LogP contribution < -0.4 is 30.3 Å². The highest BCUT2D eigenvalue weighted by Crippen LogP contribution is 2.50. The van der Waals surface area contributed by atoms with Gasteiger partial charge < -0.3 is 24.8 Å². The van der Waals surface area contributed by atoms with E-state index in [4.69, 9.17) is 18.3 Å². The fraction of sp³-hybridized carbons (Fsp3) is 0.348. The molecule has 3 rings (SSSR count). The average Bonchev–Trinajstić information content (AvgIpc) is 3.00. The van der Waals surface area contributed by atoms with E-state index in [2.05, 4.69) is 10.6 Å². The molecule has 2 amide bonds. The minimum Gasteiger partial charge on any atom is -0.493 e. The zero-order valence-corrected chi connectivity index (χ0v) is 17.8. The van der Waals surface area contributed by atoms with Gasteiger partial charge in [-0.15, -0.1) is 0 Å². The molecule has 0 radical (unpaired) electrons. The third-order valence-electron chi connectivity index (χ3n) is 5.29. The number of methoxy groups -OCH3 is 3. The molecule has 0 spiro atoms. The van der Waals surface area contributed by atoms with E-state index in [0.717, 1.165) is 0 Å². The van der Waals surface area contributed by atoms with Crippen molar-refractivity contribution in [1.82, 2.24) is 10.6 Å². The van der Waals surface area contributed by atoms with Crippen molar-refractivity contribution < 1.29 is 27.9 Å². The Balaban J connectivity index is 2.47. The number of carbonyl (C=O) groups is 2. The quantitative estimate of drug-likeness (QED) is 0.756. The fourth-order valence-electron chi connectivity index (χ4n) is 3.93. The molecule has 0 saturated carbocycles. The molecule has 0 bridgehead atoms. The van der Waals surface area contributed by atoms with Gasteiger partial charge >= 0.3 is 0 Å². The predicted molar refractivity (Wildman–Crippen MR) is 116 cm³/mol. The maximum atomic E-state index is 12.9. The van der Waals surface area contributed by atoms with Crippen molar-refractivity contribution in [3.8, 4) is 28.4 Å². The van der Waals surface area contributed by atoms with Crippen LogP contribution in [-0.4, -0.2) is 40.1 Å². The first-order chi connectivity index (χ1) is 16.0. The van der Waals surface area contributed by atoms with Gasteiger partial charge in [0.2, 0.25) is 11.7 Å². The number of rotatable bonds is 5. The van der Waals surface area contributed by atoms with Crippen molar-refractivity contribution in [3.63, 3.8) is 0 Å². The number of ether oxygens (including phenoxy) is 3. The van der Waals surface area contributed by atoms with Crippen LogP contribution in [-0.2, 0) is 11.2 Å². The molecule has 0 fully saturated rings. The largest absolute Gasteiger partial charge is 0.493 e. The molecule has 1 aliphatic carbocycles. The first-order valence-corrected chi connectivity index (χ1v) is 9.65. The molecule has 2 aromatic rings. The minimum atomic E-state index is -2.81. The Kier molecular flexibility index (Phi) is 5.34. The van der Waals surface area contributed by atoms with Gasteiger partial charge in [-0.2, -0.15) is 0 Å². The normalized spacial score (nSPS) is 16.3. The summed E-state index contributed by atoms with van der Waals surface area (Å²) in [6.45, 7) is 1.37. The van der Waals surface area contributed by atoms with Crippen LogP contribution in [0.25, 0.3) is 11.1 Å². The zero-order chi connectivity index (χ0) is 25.2. The summed E-state index contributed by atoms with van der Waals surface area (Å²) in [5.41, 5.74) is 1.27. The van der Waals surface area contributed by atoms with Gasteiger partial charge in [0.25, 0.3) is 5.91 Å². The van der Waals surface area contributed by atoms with Gasteiger partial charge in [0.1, 0.15) is 0 Å². The highest BCUT2D eigenvalue weighted by molar-refractivity contribution is 5.94. The summed E-state index contributed by atoms with van der Waals surface area (Å²) in [4.78, 5) is 37.2. The van der Waals surface area contributed by atoms with Crippen LogP contribution in [0.3, 0.4) is 0 Å². The Hall–Kier alpha value is -3.55. The maximum Gasteiger partial charge on any atom is 0.254 e. The molecule has 8 heteroatoms. The summed E-state index contributed by atoms with van der Waals surface area (Å²) in [5.74, 6) is -0.612. The first-order valence-electron chi connectivity index (χ1n) is 11.1. The third-order valence-corrected chi connectivity index (χ3v) is 5.29. The molecule has 0 aliphatic heterocycles. The van der Waals surface area contributed by atoms with E-state index in [9.17, 15) is 14.4 Å². The molecule has 1 aliphatic rings. The highest BCUT2D eigenvalue weighted by atomic mass is 16.5. The minimum absolute atomic E-state index is 0.0710. The topological polar surface area (TPSA) is 103 Å². The fourth-order valence-corrected chi connectivity index (χ4v) is 3.93. The van der Waals surface area contributed by atoms with Crippen molar-refractivity contribution in [2.45, 2.75) is 25.8 Å². The van der Waals surface area contributed by atoms with Crippen LogP contribution in [0.4, 0.5) is 0 Å². The molecule has 31 heavy (non-hydrogen) atoms. The van der Waals surface area contributed by atoms with Crippen molar-refractivity contribution in [2.75, 3.05) is 28.3 Å². The number of aryl methyl sites for hydroxylation is 1. The smallest absolute Gasteiger partial charge is 0.254 e. The van der Waals surface area contributed by atoms with E-state index in [0.29, 0.717) is 35.1 Å². The second-order valence-electron chi connectivity index (χ2n) is 7.07. The Morgan fingerprint density at radius 1 is 1.13 bits per heavy atom. The lowest BCUT2D eigenvalue weighted by Gasteiger charge is -2.19.